The second-order valence-electron chi connectivity index (χ2n) is 5.42. The highest BCUT2D eigenvalue weighted by molar-refractivity contribution is 5.84. The third-order valence-corrected chi connectivity index (χ3v) is 4.02. The quantitative estimate of drug-likeness (QED) is 0.737. The van der Waals surface area contributed by atoms with Gasteiger partial charge in [-0.2, -0.15) is 5.26 Å². The minimum absolute atomic E-state index is 0.225. The molecule has 0 unspecified atom stereocenters. The van der Waals surface area contributed by atoms with Crippen LogP contribution in [0, 0.1) is 11.3 Å². The van der Waals surface area contributed by atoms with Crippen LogP contribution in [-0.2, 0) is 6.54 Å². The standard InChI is InChI=1S/C18H15N3O3/c1-22-13-5-2-4-12(8-13)18-20-14-9-16-17(24-11-23-16)10-15(14)21(18)7-3-6-19/h2,4-5,8-10H,3,7,11H2,1H3. The number of fused-ring (bicyclic) bond motifs is 2. The first-order valence-corrected chi connectivity index (χ1v) is 7.61. The lowest BCUT2D eigenvalue weighted by molar-refractivity contribution is 0.174. The van der Waals surface area contributed by atoms with Crippen molar-refractivity contribution in [3.8, 4) is 34.7 Å². The van der Waals surface area contributed by atoms with E-state index in [9.17, 15) is 0 Å². The SMILES string of the molecule is COc1cccc(-c2nc3cc4c(cc3n2CCC#N)OCO4)c1. The summed E-state index contributed by atoms with van der Waals surface area (Å²) < 4.78 is 18.2. The largest absolute Gasteiger partial charge is 0.497 e. The van der Waals surface area contributed by atoms with E-state index >= 15 is 0 Å². The summed E-state index contributed by atoms with van der Waals surface area (Å²) in [5.74, 6) is 2.96. The Hall–Kier alpha value is -3.20. The number of aromatic nitrogens is 2. The van der Waals surface area contributed by atoms with Crippen molar-refractivity contribution >= 4 is 11.0 Å². The van der Waals surface area contributed by atoms with Gasteiger partial charge in [-0.25, -0.2) is 4.98 Å². The van der Waals surface area contributed by atoms with Crippen molar-refractivity contribution in [3.05, 3.63) is 36.4 Å². The van der Waals surface area contributed by atoms with Gasteiger partial charge < -0.3 is 18.8 Å². The second kappa shape index (κ2) is 5.78. The van der Waals surface area contributed by atoms with Gasteiger partial charge in [-0.05, 0) is 12.1 Å². The van der Waals surface area contributed by atoms with Gasteiger partial charge in [-0.15, -0.1) is 0 Å². The molecule has 0 saturated carbocycles. The van der Waals surface area contributed by atoms with Crippen molar-refractivity contribution in [2.24, 2.45) is 0 Å². The number of hydrogen-bond donors (Lipinski definition) is 0. The molecule has 6 nitrogen and oxygen atoms in total. The molecule has 0 saturated heterocycles. The molecule has 24 heavy (non-hydrogen) atoms. The molecule has 0 N–H and O–H groups in total. The van der Waals surface area contributed by atoms with Crippen LogP contribution in [0.4, 0.5) is 0 Å². The van der Waals surface area contributed by atoms with Crippen LogP contribution in [0.3, 0.4) is 0 Å². The van der Waals surface area contributed by atoms with Crippen molar-refractivity contribution in [2.45, 2.75) is 13.0 Å². The highest BCUT2D eigenvalue weighted by Gasteiger charge is 2.20. The molecule has 0 bridgehead atoms. The van der Waals surface area contributed by atoms with Crippen molar-refractivity contribution in [1.82, 2.24) is 9.55 Å². The first kappa shape index (κ1) is 14.4. The van der Waals surface area contributed by atoms with Crippen LogP contribution < -0.4 is 14.2 Å². The first-order valence-electron chi connectivity index (χ1n) is 7.61. The number of rotatable bonds is 4. The number of methoxy groups -OCH3 is 1. The summed E-state index contributed by atoms with van der Waals surface area (Å²) in [6.45, 7) is 0.780. The summed E-state index contributed by atoms with van der Waals surface area (Å²) in [6.07, 6.45) is 0.400. The molecule has 0 spiro atoms. The molecule has 0 aliphatic carbocycles. The fourth-order valence-electron chi connectivity index (χ4n) is 2.89. The highest BCUT2D eigenvalue weighted by atomic mass is 16.7. The van der Waals surface area contributed by atoms with Crippen LogP contribution >= 0.6 is 0 Å². The molecular weight excluding hydrogens is 306 g/mol. The molecular formula is C18H15N3O3. The zero-order valence-corrected chi connectivity index (χ0v) is 13.2. The van der Waals surface area contributed by atoms with Gasteiger partial charge in [0.25, 0.3) is 0 Å². The predicted molar refractivity (Wildman–Crippen MR) is 88.1 cm³/mol. The van der Waals surface area contributed by atoms with E-state index in [1.54, 1.807) is 7.11 Å². The Bertz CT molecular complexity index is 956. The molecule has 1 aliphatic heterocycles. The summed E-state index contributed by atoms with van der Waals surface area (Å²) in [6, 6.07) is 13.7. The maximum Gasteiger partial charge on any atom is 0.231 e. The summed E-state index contributed by atoms with van der Waals surface area (Å²) in [5.41, 5.74) is 2.67. The fraction of sp³-hybridized carbons (Fsp3) is 0.222. The van der Waals surface area contributed by atoms with Gasteiger partial charge in [0.2, 0.25) is 6.79 Å². The van der Waals surface area contributed by atoms with Crippen molar-refractivity contribution in [1.29, 1.82) is 5.26 Å². The lowest BCUT2D eigenvalue weighted by atomic mass is 10.2. The zero-order chi connectivity index (χ0) is 16.5. The summed E-state index contributed by atoms with van der Waals surface area (Å²) in [7, 11) is 1.64. The Morgan fingerprint density at radius 2 is 2.08 bits per heavy atom. The smallest absolute Gasteiger partial charge is 0.231 e. The third kappa shape index (κ3) is 2.31. The van der Waals surface area contributed by atoms with E-state index < -0.39 is 0 Å². The molecule has 4 rings (SSSR count). The molecule has 2 aromatic carbocycles. The molecule has 0 radical (unpaired) electrons. The normalized spacial score (nSPS) is 12.3. The Labute approximate surface area is 138 Å². The average Bonchev–Trinajstić information content (AvgIpc) is 3.21. The van der Waals surface area contributed by atoms with Crippen LogP contribution in [0.15, 0.2) is 36.4 Å². The monoisotopic (exact) mass is 321 g/mol. The van der Waals surface area contributed by atoms with E-state index in [1.165, 1.54) is 0 Å². The van der Waals surface area contributed by atoms with Gasteiger partial charge >= 0.3 is 0 Å². The molecule has 120 valence electrons. The molecule has 1 aromatic heterocycles. The second-order valence-corrected chi connectivity index (χ2v) is 5.42. The van der Waals surface area contributed by atoms with Crippen molar-refractivity contribution in [3.63, 3.8) is 0 Å². The number of hydrogen-bond acceptors (Lipinski definition) is 5. The number of benzene rings is 2. The number of ether oxygens (including phenoxy) is 3. The minimum Gasteiger partial charge on any atom is -0.497 e. The number of nitriles is 1. The molecule has 2 heterocycles. The average molecular weight is 321 g/mol. The van der Waals surface area contributed by atoms with E-state index in [2.05, 4.69) is 6.07 Å². The van der Waals surface area contributed by atoms with E-state index in [0.29, 0.717) is 24.5 Å². The summed E-state index contributed by atoms with van der Waals surface area (Å²) in [4.78, 5) is 4.75. The van der Waals surface area contributed by atoms with Gasteiger partial charge in [0.1, 0.15) is 11.6 Å². The fourth-order valence-corrected chi connectivity index (χ4v) is 2.89. The summed E-state index contributed by atoms with van der Waals surface area (Å²) >= 11 is 0. The Kier molecular flexibility index (Phi) is 3.47. The van der Waals surface area contributed by atoms with Crippen LogP contribution in [0.5, 0.6) is 17.2 Å². The number of imidazole rings is 1. The molecule has 0 fully saturated rings. The van der Waals surface area contributed by atoms with Gasteiger partial charge in [0.05, 0.1) is 30.6 Å². The number of nitrogens with zero attached hydrogens (tertiary/aromatic N) is 3. The van der Waals surface area contributed by atoms with Crippen LogP contribution in [0.1, 0.15) is 6.42 Å². The Morgan fingerprint density at radius 1 is 1.25 bits per heavy atom. The third-order valence-electron chi connectivity index (χ3n) is 4.02. The van der Waals surface area contributed by atoms with Crippen LogP contribution in [0.2, 0.25) is 0 Å². The predicted octanol–water partition coefficient (Wildman–Crippen LogP) is 3.35. The van der Waals surface area contributed by atoms with Crippen LogP contribution in [0.25, 0.3) is 22.4 Å². The molecule has 0 amide bonds. The zero-order valence-electron chi connectivity index (χ0n) is 13.2. The van der Waals surface area contributed by atoms with E-state index in [1.807, 2.05) is 41.0 Å². The number of aryl methyl sites for hydroxylation is 1. The minimum atomic E-state index is 0.225. The molecule has 3 aromatic rings. The lowest BCUT2D eigenvalue weighted by Gasteiger charge is -2.08. The van der Waals surface area contributed by atoms with E-state index in [-0.39, 0.29) is 6.79 Å². The van der Waals surface area contributed by atoms with Gasteiger partial charge in [-0.3, -0.25) is 0 Å². The van der Waals surface area contributed by atoms with Crippen molar-refractivity contribution < 1.29 is 14.2 Å². The van der Waals surface area contributed by atoms with E-state index in [0.717, 1.165) is 28.2 Å². The van der Waals surface area contributed by atoms with Crippen LogP contribution in [-0.4, -0.2) is 23.5 Å². The van der Waals surface area contributed by atoms with Gasteiger partial charge in [0.15, 0.2) is 11.5 Å². The highest BCUT2D eigenvalue weighted by Crippen LogP contribution is 2.38. The molecule has 0 atom stereocenters. The van der Waals surface area contributed by atoms with E-state index in [4.69, 9.17) is 24.5 Å². The first-order chi connectivity index (χ1) is 11.8. The maximum atomic E-state index is 8.99. The topological polar surface area (TPSA) is 69.3 Å². The van der Waals surface area contributed by atoms with Crippen molar-refractivity contribution in [2.75, 3.05) is 13.9 Å². The Morgan fingerprint density at radius 3 is 2.88 bits per heavy atom. The lowest BCUT2D eigenvalue weighted by Crippen LogP contribution is -2.00. The van der Waals surface area contributed by atoms with Gasteiger partial charge in [0, 0.05) is 24.2 Å². The summed E-state index contributed by atoms with van der Waals surface area (Å²) in [5, 5.41) is 8.99. The maximum absolute atomic E-state index is 8.99. The molecule has 1 aliphatic rings. The molecule has 6 heteroatoms. The van der Waals surface area contributed by atoms with Gasteiger partial charge in [-0.1, -0.05) is 12.1 Å². The Balaban J connectivity index is 1.91.